The fourth-order valence-electron chi connectivity index (χ4n) is 2.46. The van der Waals surface area contributed by atoms with Crippen LogP contribution in [0.25, 0.3) is 11.4 Å². The van der Waals surface area contributed by atoms with Gasteiger partial charge in [0.1, 0.15) is 11.1 Å². The predicted molar refractivity (Wildman–Crippen MR) is 115 cm³/mol. The molecule has 1 aromatic carbocycles. The molecule has 0 saturated heterocycles. The van der Waals surface area contributed by atoms with E-state index < -0.39 is 18.5 Å². The number of ether oxygens (including phenoxy) is 1. The molecule has 1 N–H and O–H groups in total. The minimum Gasteiger partial charge on any atom is -0.455 e. The standard InChI is InChI=1S/C19H16ClN5O3S2/c1-2-25-17(12-3-5-14(20)6-4-12)23-24-19(25)30-11-16(27)28-10-15(26)22-18-13(9-21)7-8-29-18/h3-8H,2,10-11H2,1H3,(H,22,26). The number of thioether (sulfide) groups is 1. The highest BCUT2D eigenvalue weighted by Gasteiger charge is 2.16. The third-order valence-corrected chi connectivity index (χ3v) is 5.88. The number of halogens is 1. The first-order valence-corrected chi connectivity index (χ1v) is 11.0. The molecule has 8 nitrogen and oxygen atoms in total. The Kier molecular flexibility index (Phi) is 7.46. The largest absolute Gasteiger partial charge is 0.455 e. The lowest BCUT2D eigenvalue weighted by Gasteiger charge is -2.08. The van der Waals surface area contributed by atoms with Crippen molar-refractivity contribution in [3.05, 3.63) is 46.3 Å². The van der Waals surface area contributed by atoms with E-state index in [1.54, 1.807) is 23.6 Å². The number of thiophene rings is 1. The van der Waals surface area contributed by atoms with Crippen LogP contribution in [-0.4, -0.2) is 39.0 Å². The highest BCUT2D eigenvalue weighted by molar-refractivity contribution is 7.99. The Balaban J connectivity index is 1.53. The number of carbonyl (C=O) groups is 2. The molecule has 0 radical (unpaired) electrons. The molecular formula is C19H16ClN5O3S2. The molecule has 0 aliphatic carbocycles. The molecule has 11 heteroatoms. The molecule has 154 valence electrons. The Labute approximate surface area is 185 Å². The summed E-state index contributed by atoms with van der Waals surface area (Å²) in [4.78, 5) is 23.9. The zero-order chi connectivity index (χ0) is 21.5. The van der Waals surface area contributed by atoms with E-state index in [0.29, 0.717) is 33.1 Å². The summed E-state index contributed by atoms with van der Waals surface area (Å²) in [5.74, 6) is -0.405. The van der Waals surface area contributed by atoms with Crippen molar-refractivity contribution in [2.75, 3.05) is 17.7 Å². The molecule has 0 bridgehead atoms. The summed E-state index contributed by atoms with van der Waals surface area (Å²) in [5.41, 5.74) is 1.23. The number of rotatable bonds is 8. The van der Waals surface area contributed by atoms with E-state index in [0.717, 1.165) is 5.56 Å². The average molecular weight is 462 g/mol. The molecule has 0 saturated carbocycles. The Bertz CT molecular complexity index is 1090. The fourth-order valence-corrected chi connectivity index (χ4v) is 4.14. The van der Waals surface area contributed by atoms with Crippen molar-refractivity contribution in [3.63, 3.8) is 0 Å². The number of carbonyl (C=O) groups excluding carboxylic acids is 2. The van der Waals surface area contributed by atoms with Crippen molar-refractivity contribution < 1.29 is 14.3 Å². The van der Waals surface area contributed by atoms with Gasteiger partial charge >= 0.3 is 5.97 Å². The first-order chi connectivity index (χ1) is 14.5. The predicted octanol–water partition coefficient (Wildman–Crippen LogP) is 3.83. The highest BCUT2D eigenvalue weighted by atomic mass is 35.5. The summed E-state index contributed by atoms with van der Waals surface area (Å²) >= 11 is 8.33. The summed E-state index contributed by atoms with van der Waals surface area (Å²) in [6.07, 6.45) is 0. The first-order valence-electron chi connectivity index (χ1n) is 8.76. The third kappa shape index (κ3) is 5.38. The van der Waals surface area contributed by atoms with Gasteiger partial charge in [0.05, 0.1) is 11.3 Å². The lowest BCUT2D eigenvalue weighted by molar-refractivity contribution is -0.144. The van der Waals surface area contributed by atoms with E-state index in [9.17, 15) is 9.59 Å². The third-order valence-electron chi connectivity index (χ3n) is 3.86. The van der Waals surface area contributed by atoms with Crippen LogP contribution in [0.4, 0.5) is 5.00 Å². The van der Waals surface area contributed by atoms with Crippen molar-refractivity contribution in [1.82, 2.24) is 14.8 Å². The van der Waals surface area contributed by atoms with Gasteiger partial charge in [0.15, 0.2) is 17.6 Å². The second-order valence-electron chi connectivity index (χ2n) is 5.83. The lowest BCUT2D eigenvalue weighted by atomic mass is 10.2. The normalized spacial score (nSPS) is 10.4. The van der Waals surface area contributed by atoms with Gasteiger partial charge in [-0.3, -0.25) is 9.59 Å². The molecule has 1 amide bonds. The minimum atomic E-state index is -0.555. The maximum Gasteiger partial charge on any atom is 0.316 e. The summed E-state index contributed by atoms with van der Waals surface area (Å²) in [7, 11) is 0. The van der Waals surface area contributed by atoms with Gasteiger partial charge < -0.3 is 14.6 Å². The maximum absolute atomic E-state index is 12.0. The molecule has 2 aromatic heterocycles. The van der Waals surface area contributed by atoms with Crippen LogP contribution in [0.15, 0.2) is 40.9 Å². The smallest absolute Gasteiger partial charge is 0.316 e. The van der Waals surface area contributed by atoms with E-state index >= 15 is 0 Å². The number of aromatic nitrogens is 3. The van der Waals surface area contributed by atoms with Crippen LogP contribution in [0.1, 0.15) is 12.5 Å². The fraction of sp³-hybridized carbons (Fsp3) is 0.211. The number of nitrogens with one attached hydrogen (secondary N) is 1. The van der Waals surface area contributed by atoms with Gasteiger partial charge in [-0.15, -0.1) is 21.5 Å². The topological polar surface area (TPSA) is 110 Å². The number of anilines is 1. The summed E-state index contributed by atoms with van der Waals surface area (Å²) in [6, 6.07) is 10.8. The highest BCUT2D eigenvalue weighted by Crippen LogP contribution is 2.25. The summed E-state index contributed by atoms with van der Waals surface area (Å²) < 4.78 is 6.89. The zero-order valence-corrected chi connectivity index (χ0v) is 18.2. The van der Waals surface area contributed by atoms with Crippen molar-refractivity contribution in [3.8, 4) is 17.5 Å². The minimum absolute atomic E-state index is 0.0194. The number of hydrogen-bond acceptors (Lipinski definition) is 8. The number of nitriles is 1. The maximum atomic E-state index is 12.0. The van der Waals surface area contributed by atoms with Crippen molar-refractivity contribution in [2.24, 2.45) is 0 Å². The van der Waals surface area contributed by atoms with Gasteiger partial charge in [0.2, 0.25) is 0 Å². The molecule has 0 spiro atoms. The van der Waals surface area contributed by atoms with Crippen molar-refractivity contribution >= 4 is 51.6 Å². The van der Waals surface area contributed by atoms with Crippen LogP contribution < -0.4 is 5.32 Å². The van der Waals surface area contributed by atoms with Gasteiger partial charge in [-0.25, -0.2) is 0 Å². The number of hydrogen-bond donors (Lipinski definition) is 1. The molecule has 0 aliphatic rings. The molecule has 3 rings (SSSR count). The number of amides is 1. The quantitative estimate of drug-likeness (QED) is 0.401. The van der Waals surface area contributed by atoms with E-state index in [4.69, 9.17) is 21.6 Å². The number of benzene rings is 1. The molecule has 0 atom stereocenters. The molecule has 2 heterocycles. The van der Waals surface area contributed by atoms with Crippen LogP contribution in [0.5, 0.6) is 0 Å². The van der Waals surface area contributed by atoms with Crippen LogP contribution in [0.3, 0.4) is 0 Å². The average Bonchev–Trinajstić information content (AvgIpc) is 3.37. The number of esters is 1. The van der Waals surface area contributed by atoms with E-state index in [1.807, 2.05) is 29.7 Å². The molecule has 0 unspecified atom stereocenters. The summed E-state index contributed by atoms with van der Waals surface area (Å²) in [5, 5.41) is 23.2. The molecule has 0 aliphatic heterocycles. The van der Waals surface area contributed by atoms with E-state index in [2.05, 4.69) is 15.5 Å². The van der Waals surface area contributed by atoms with Gasteiger partial charge in [-0.1, -0.05) is 23.4 Å². The van der Waals surface area contributed by atoms with E-state index in [1.165, 1.54) is 23.1 Å². The second kappa shape index (κ2) is 10.2. The van der Waals surface area contributed by atoms with Gasteiger partial charge in [0.25, 0.3) is 5.91 Å². The first kappa shape index (κ1) is 21.8. The van der Waals surface area contributed by atoms with Crippen LogP contribution in [0, 0.1) is 11.3 Å². The Morgan fingerprint density at radius 2 is 2.07 bits per heavy atom. The van der Waals surface area contributed by atoms with Gasteiger partial charge in [-0.2, -0.15) is 5.26 Å². The molecule has 3 aromatic rings. The SMILES string of the molecule is CCn1c(SCC(=O)OCC(=O)Nc2sccc2C#N)nnc1-c1ccc(Cl)cc1. The van der Waals surface area contributed by atoms with Crippen LogP contribution >= 0.6 is 34.7 Å². The Morgan fingerprint density at radius 3 is 2.77 bits per heavy atom. The van der Waals surface area contributed by atoms with Crippen LogP contribution in [-0.2, 0) is 20.9 Å². The molecule has 30 heavy (non-hydrogen) atoms. The van der Waals surface area contributed by atoms with Gasteiger partial charge in [0, 0.05) is 17.1 Å². The van der Waals surface area contributed by atoms with E-state index in [-0.39, 0.29) is 5.75 Å². The monoisotopic (exact) mass is 461 g/mol. The molecular weight excluding hydrogens is 446 g/mol. The Morgan fingerprint density at radius 1 is 1.30 bits per heavy atom. The lowest BCUT2D eigenvalue weighted by Crippen LogP contribution is -2.21. The zero-order valence-electron chi connectivity index (χ0n) is 15.8. The van der Waals surface area contributed by atoms with Crippen LogP contribution in [0.2, 0.25) is 5.02 Å². The van der Waals surface area contributed by atoms with Crippen molar-refractivity contribution in [2.45, 2.75) is 18.6 Å². The van der Waals surface area contributed by atoms with Crippen molar-refractivity contribution in [1.29, 1.82) is 5.26 Å². The Hall–Kier alpha value is -2.87. The van der Waals surface area contributed by atoms with Gasteiger partial charge in [-0.05, 0) is 42.6 Å². The second-order valence-corrected chi connectivity index (χ2v) is 8.13. The number of nitrogens with zero attached hydrogens (tertiary/aromatic N) is 4. The molecule has 0 fully saturated rings. The summed E-state index contributed by atoms with van der Waals surface area (Å²) in [6.45, 7) is 2.14.